The van der Waals surface area contributed by atoms with Gasteiger partial charge in [0.05, 0.1) is 22.2 Å². The Labute approximate surface area is 98.5 Å². The summed E-state index contributed by atoms with van der Waals surface area (Å²) in [5.74, 6) is 0.164. The van der Waals surface area contributed by atoms with Crippen LogP contribution in [0, 0.1) is 0 Å². The minimum absolute atomic E-state index is 0.164. The van der Waals surface area contributed by atoms with Crippen molar-refractivity contribution in [2.45, 2.75) is 57.0 Å². The number of sulfone groups is 1. The number of hydrogen-bond donors (Lipinski definition) is 1. The molecule has 2 N–H and O–H groups in total. The van der Waals surface area contributed by atoms with Crippen molar-refractivity contribution in [1.29, 1.82) is 0 Å². The lowest BCUT2D eigenvalue weighted by atomic mass is 10.0. The van der Waals surface area contributed by atoms with E-state index in [0.29, 0.717) is 19.4 Å². The van der Waals surface area contributed by atoms with Gasteiger partial charge in [-0.25, -0.2) is 8.42 Å². The van der Waals surface area contributed by atoms with Gasteiger partial charge in [-0.15, -0.1) is 0 Å². The molecule has 0 bridgehead atoms. The SMILES string of the molecule is CC1(C)CC(S(=O)(=O)CCCN)C(C)(C)O1. The highest BCUT2D eigenvalue weighted by molar-refractivity contribution is 7.92. The van der Waals surface area contributed by atoms with Gasteiger partial charge >= 0.3 is 0 Å². The molecule has 1 heterocycles. The molecule has 1 rings (SSSR count). The molecule has 1 aliphatic rings. The molecular weight excluding hydrogens is 226 g/mol. The van der Waals surface area contributed by atoms with E-state index in [0.717, 1.165) is 0 Å². The normalized spacial score (nSPS) is 28.2. The summed E-state index contributed by atoms with van der Waals surface area (Å²) in [7, 11) is -3.11. The van der Waals surface area contributed by atoms with Crippen LogP contribution in [0.1, 0.15) is 40.5 Å². The second kappa shape index (κ2) is 4.27. The molecule has 0 radical (unpaired) electrons. The van der Waals surface area contributed by atoms with Gasteiger partial charge in [0, 0.05) is 0 Å². The van der Waals surface area contributed by atoms with Gasteiger partial charge in [-0.1, -0.05) is 0 Å². The van der Waals surface area contributed by atoms with Crippen LogP contribution >= 0.6 is 0 Å². The van der Waals surface area contributed by atoms with Crippen molar-refractivity contribution >= 4 is 9.84 Å². The Morgan fingerprint density at radius 3 is 2.25 bits per heavy atom. The largest absolute Gasteiger partial charge is 0.368 e. The molecule has 4 nitrogen and oxygen atoms in total. The first-order valence-corrected chi connectivity index (χ1v) is 7.44. The molecule has 0 aromatic rings. The van der Waals surface area contributed by atoms with Gasteiger partial charge in [-0.3, -0.25) is 0 Å². The maximum Gasteiger partial charge on any atom is 0.156 e. The zero-order chi connectivity index (χ0) is 12.6. The lowest BCUT2D eigenvalue weighted by molar-refractivity contribution is -0.0635. The van der Waals surface area contributed by atoms with E-state index in [-0.39, 0.29) is 11.4 Å². The molecule has 1 fully saturated rings. The number of hydrogen-bond acceptors (Lipinski definition) is 4. The summed E-state index contributed by atoms with van der Waals surface area (Å²) < 4.78 is 30.1. The molecular formula is C11H23NO3S. The van der Waals surface area contributed by atoms with Crippen LogP contribution in [0.4, 0.5) is 0 Å². The first kappa shape index (κ1) is 13.9. The van der Waals surface area contributed by atoms with Crippen molar-refractivity contribution in [3.8, 4) is 0 Å². The summed E-state index contributed by atoms with van der Waals surface area (Å²) >= 11 is 0. The Morgan fingerprint density at radius 1 is 1.31 bits per heavy atom. The van der Waals surface area contributed by atoms with Gasteiger partial charge in [-0.2, -0.15) is 0 Å². The van der Waals surface area contributed by atoms with Crippen molar-refractivity contribution in [1.82, 2.24) is 0 Å². The molecule has 0 amide bonds. The maximum atomic E-state index is 12.2. The molecule has 0 saturated carbocycles. The highest BCUT2D eigenvalue weighted by Crippen LogP contribution is 2.41. The van der Waals surface area contributed by atoms with Crippen LogP contribution in [0.25, 0.3) is 0 Å². The summed E-state index contributed by atoms with van der Waals surface area (Å²) in [6, 6.07) is 0. The molecule has 16 heavy (non-hydrogen) atoms. The maximum absolute atomic E-state index is 12.2. The third-order valence-electron chi connectivity index (χ3n) is 3.06. The second-order valence-corrected chi connectivity index (χ2v) is 7.97. The fourth-order valence-corrected chi connectivity index (χ4v) is 4.92. The van der Waals surface area contributed by atoms with Crippen LogP contribution in [0.15, 0.2) is 0 Å². The smallest absolute Gasteiger partial charge is 0.156 e. The van der Waals surface area contributed by atoms with E-state index in [2.05, 4.69) is 0 Å². The summed E-state index contributed by atoms with van der Waals surface area (Å²) in [6.45, 7) is 8.00. The zero-order valence-electron chi connectivity index (χ0n) is 10.6. The Kier molecular flexibility index (Phi) is 3.72. The summed E-state index contributed by atoms with van der Waals surface area (Å²) in [4.78, 5) is 0. The fourth-order valence-electron chi connectivity index (χ4n) is 2.50. The van der Waals surface area contributed by atoms with E-state index in [1.807, 2.05) is 27.7 Å². The van der Waals surface area contributed by atoms with Crippen molar-refractivity contribution < 1.29 is 13.2 Å². The van der Waals surface area contributed by atoms with Crippen molar-refractivity contribution in [3.63, 3.8) is 0 Å². The van der Waals surface area contributed by atoms with Crippen molar-refractivity contribution in [2.24, 2.45) is 5.73 Å². The Morgan fingerprint density at radius 2 is 1.88 bits per heavy atom. The number of ether oxygens (including phenoxy) is 1. The van der Waals surface area contributed by atoms with E-state index in [4.69, 9.17) is 10.5 Å². The second-order valence-electron chi connectivity index (χ2n) is 5.67. The third-order valence-corrected chi connectivity index (χ3v) is 5.52. The quantitative estimate of drug-likeness (QED) is 0.810. The van der Waals surface area contributed by atoms with Gasteiger partial charge in [-0.05, 0) is 47.1 Å². The molecule has 5 heteroatoms. The topological polar surface area (TPSA) is 69.4 Å². The highest BCUT2D eigenvalue weighted by atomic mass is 32.2. The van der Waals surface area contributed by atoms with Crippen LogP contribution in [0.3, 0.4) is 0 Å². The Bertz CT molecular complexity index is 346. The van der Waals surface area contributed by atoms with Gasteiger partial charge in [0.1, 0.15) is 0 Å². The van der Waals surface area contributed by atoms with Crippen molar-refractivity contribution in [3.05, 3.63) is 0 Å². The van der Waals surface area contributed by atoms with E-state index < -0.39 is 20.7 Å². The van der Waals surface area contributed by atoms with E-state index >= 15 is 0 Å². The molecule has 1 aliphatic heterocycles. The molecule has 1 unspecified atom stereocenters. The Balaban J connectivity index is 2.88. The third kappa shape index (κ3) is 2.96. The van der Waals surface area contributed by atoms with Gasteiger partial charge in [0.15, 0.2) is 9.84 Å². The minimum atomic E-state index is -3.11. The monoisotopic (exact) mass is 249 g/mol. The molecule has 0 spiro atoms. The molecule has 96 valence electrons. The predicted octanol–water partition coefficient (Wildman–Crippen LogP) is 1.10. The zero-order valence-corrected chi connectivity index (χ0v) is 11.4. The van der Waals surface area contributed by atoms with Gasteiger partial charge < -0.3 is 10.5 Å². The van der Waals surface area contributed by atoms with Crippen LogP contribution in [-0.2, 0) is 14.6 Å². The number of rotatable bonds is 4. The van der Waals surface area contributed by atoms with E-state index in [1.54, 1.807) is 0 Å². The minimum Gasteiger partial charge on any atom is -0.368 e. The average molecular weight is 249 g/mol. The van der Waals surface area contributed by atoms with Crippen LogP contribution in [0.5, 0.6) is 0 Å². The molecule has 1 atom stereocenters. The van der Waals surface area contributed by atoms with E-state index in [9.17, 15) is 8.42 Å². The predicted molar refractivity (Wildman–Crippen MR) is 65.1 cm³/mol. The number of nitrogens with two attached hydrogens (primary N) is 1. The van der Waals surface area contributed by atoms with Crippen LogP contribution < -0.4 is 5.73 Å². The summed E-state index contributed by atoms with van der Waals surface area (Å²) in [5.41, 5.74) is 4.40. The molecule has 0 aliphatic carbocycles. The molecule has 1 saturated heterocycles. The standard InChI is InChI=1S/C11H23NO3S/c1-10(2)8-9(11(3,4)15-10)16(13,14)7-5-6-12/h9H,5-8,12H2,1-4H3. The summed E-state index contributed by atoms with van der Waals surface area (Å²) in [5, 5.41) is -0.415. The first-order chi connectivity index (χ1) is 7.11. The Hall–Kier alpha value is -0.130. The van der Waals surface area contributed by atoms with Crippen LogP contribution in [-0.4, -0.2) is 37.2 Å². The van der Waals surface area contributed by atoms with Gasteiger partial charge in [0.25, 0.3) is 0 Å². The first-order valence-electron chi connectivity index (χ1n) is 5.72. The average Bonchev–Trinajstić information content (AvgIpc) is 2.31. The molecule has 0 aromatic carbocycles. The van der Waals surface area contributed by atoms with E-state index in [1.165, 1.54) is 0 Å². The van der Waals surface area contributed by atoms with Crippen molar-refractivity contribution in [2.75, 3.05) is 12.3 Å². The summed E-state index contributed by atoms with van der Waals surface area (Å²) in [6.07, 6.45) is 1.09. The van der Waals surface area contributed by atoms with Crippen LogP contribution in [0.2, 0.25) is 0 Å². The highest BCUT2D eigenvalue weighted by Gasteiger charge is 2.51. The lowest BCUT2D eigenvalue weighted by Gasteiger charge is -2.27. The lowest BCUT2D eigenvalue weighted by Crippen LogP contribution is -2.39. The van der Waals surface area contributed by atoms with Gasteiger partial charge in [0.2, 0.25) is 0 Å². The molecule has 0 aromatic heterocycles. The fraction of sp³-hybridized carbons (Fsp3) is 1.00.